The Hall–Kier alpha value is -5.44. The molecule has 1 aromatic heterocycles. The number of carboxylic acids is 3. The molecule has 0 aliphatic heterocycles. The van der Waals surface area contributed by atoms with E-state index < -0.39 is 72.6 Å². The lowest BCUT2D eigenvalue weighted by Gasteiger charge is -2.25. The summed E-state index contributed by atoms with van der Waals surface area (Å²) in [7, 11) is 0. The van der Waals surface area contributed by atoms with Gasteiger partial charge in [0.25, 0.3) is 0 Å². The Morgan fingerprint density at radius 2 is 1.30 bits per heavy atom. The number of aromatic amines is 1. The second-order valence-electron chi connectivity index (χ2n) is 9.76. The van der Waals surface area contributed by atoms with E-state index in [1.54, 1.807) is 30.5 Å². The maximum absolute atomic E-state index is 13.4. The highest BCUT2D eigenvalue weighted by Crippen LogP contribution is 2.19. The van der Waals surface area contributed by atoms with Crippen LogP contribution < -0.4 is 21.7 Å². The van der Waals surface area contributed by atoms with E-state index >= 15 is 0 Å². The summed E-state index contributed by atoms with van der Waals surface area (Å²) < 4.78 is 0. The van der Waals surface area contributed by atoms with Crippen molar-refractivity contribution in [3.05, 3.63) is 65.9 Å². The molecule has 0 bridgehead atoms. The summed E-state index contributed by atoms with van der Waals surface area (Å²) in [6.45, 7) is 0. The van der Waals surface area contributed by atoms with Gasteiger partial charge in [0.05, 0.1) is 18.9 Å². The Morgan fingerprint density at radius 1 is 0.721 bits per heavy atom. The van der Waals surface area contributed by atoms with Crippen LogP contribution in [0.2, 0.25) is 0 Å². The predicted molar refractivity (Wildman–Crippen MR) is 150 cm³/mol. The van der Waals surface area contributed by atoms with Crippen LogP contribution in [-0.2, 0) is 41.6 Å². The molecule has 0 saturated carbocycles. The predicted octanol–water partition coefficient (Wildman–Crippen LogP) is -0.526. The zero-order chi connectivity index (χ0) is 31.7. The molecule has 3 rings (SSSR count). The smallest absolute Gasteiger partial charge is 0.326 e. The molecule has 0 aliphatic carbocycles. The third-order valence-corrected chi connectivity index (χ3v) is 6.47. The van der Waals surface area contributed by atoms with Crippen molar-refractivity contribution in [2.24, 2.45) is 5.73 Å². The van der Waals surface area contributed by atoms with E-state index in [4.69, 9.17) is 10.8 Å². The second-order valence-corrected chi connectivity index (χ2v) is 9.76. The number of aromatic hydroxyl groups is 1. The summed E-state index contributed by atoms with van der Waals surface area (Å²) >= 11 is 0. The molecule has 15 heteroatoms. The van der Waals surface area contributed by atoms with Gasteiger partial charge in [0.1, 0.15) is 23.9 Å². The van der Waals surface area contributed by atoms with Crippen LogP contribution in [0, 0.1) is 0 Å². The quantitative estimate of drug-likeness (QED) is 0.108. The summed E-state index contributed by atoms with van der Waals surface area (Å²) in [6.07, 6.45) is -0.403. The molecule has 1 heterocycles. The standard InChI is InChI=1S/C28H31N5O10/c29-18(11-23(35)36)25(39)31-21(12-24(37)38)27(41)32-20(9-14-5-7-16(34)8-6-14)26(40)33-22(28(42)43)10-15-13-30-19-4-2-1-3-17(15)19/h1-8,13,18,20-22,30,34H,9-12,29H2,(H,31,39)(H,32,41)(H,33,40)(H,35,36)(H,37,38)(H,42,43). The fourth-order valence-electron chi connectivity index (χ4n) is 4.29. The van der Waals surface area contributed by atoms with Gasteiger partial charge >= 0.3 is 17.9 Å². The average molecular weight is 598 g/mol. The fraction of sp³-hybridized carbons (Fsp3) is 0.286. The molecule has 2 aromatic carbocycles. The van der Waals surface area contributed by atoms with Crippen LogP contribution in [0.25, 0.3) is 10.9 Å². The van der Waals surface area contributed by atoms with Gasteiger partial charge in [0.15, 0.2) is 0 Å². The van der Waals surface area contributed by atoms with Crippen LogP contribution >= 0.6 is 0 Å². The van der Waals surface area contributed by atoms with E-state index in [1.807, 2.05) is 0 Å². The number of amides is 3. The molecule has 0 fully saturated rings. The lowest BCUT2D eigenvalue weighted by atomic mass is 10.0. The molecule has 15 nitrogen and oxygen atoms in total. The maximum atomic E-state index is 13.4. The number of phenolic OH excluding ortho intramolecular Hbond substituents is 1. The number of H-pyrrole nitrogens is 1. The molecular formula is C28H31N5O10. The van der Waals surface area contributed by atoms with Gasteiger partial charge in [0, 0.05) is 29.9 Å². The van der Waals surface area contributed by atoms with E-state index in [1.165, 1.54) is 24.3 Å². The molecule has 0 radical (unpaired) electrons. The van der Waals surface area contributed by atoms with Gasteiger partial charge in [-0.15, -0.1) is 0 Å². The number of nitrogens with two attached hydrogens (primary N) is 1. The average Bonchev–Trinajstić information content (AvgIpc) is 3.35. The first-order valence-corrected chi connectivity index (χ1v) is 13.0. The van der Waals surface area contributed by atoms with Gasteiger partial charge < -0.3 is 47.1 Å². The number of benzene rings is 2. The minimum absolute atomic E-state index is 0.0691. The van der Waals surface area contributed by atoms with Crippen molar-refractivity contribution in [3.63, 3.8) is 0 Å². The van der Waals surface area contributed by atoms with E-state index in [-0.39, 0.29) is 18.6 Å². The van der Waals surface area contributed by atoms with Crippen LogP contribution in [0.5, 0.6) is 5.75 Å². The second kappa shape index (κ2) is 14.5. The van der Waals surface area contributed by atoms with E-state index in [9.17, 15) is 44.1 Å². The Labute approximate surface area is 244 Å². The van der Waals surface area contributed by atoms with Crippen molar-refractivity contribution in [1.82, 2.24) is 20.9 Å². The number of hydrogen-bond acceptors (Lipinski definition) is 8. The van der Waals surface area contributed by atoms with Gasteiger partial charge in [-0.3, -0.25) is 24.0 Å². The lowest BCUT2D eigenvalue weighted by Crippen LogP contribution is -2.58. The number of phenols is 1. The first kappa shape index (κ1) is 32.1. The molecule has 3 aromatic rings. The van der Waals surface area contributed by atoms with Crippen molar-refractivity contribution < 1.29 is 49.2 Å². The van der Waals surface area contributed by atoms with E-state index in [2.05, 4.69) is 20.9 Å². The largest absolute Gasteiger partial charge is 0.508 e. The van der Waals surface area contributed by atoms with E-state index in [0.29, 0.717) is 11.1 Å². The zero-order valence-electron chi connectivity index (χ0n) is 22.6. The summed E-state index contributed by atoms with van der Waals surface area (Å²) in [5.74, 6) is -7.44. The number of rotatable bonds is 15. The van der Waals surface area contributed by atoms with Crippen LogP contribution in [0.1, 0.15) is 24.0 Å². The Bertz CT molecular complexity index is 1500. The fourth-order valence-corrected chi connectivity index (χ4v) is 4.29. The number of nitrogens with one attached hydrogen (secondary N) is 4. The summed E-state index contributed by atoms with van der Waals surface area (Å²) in [6, 6.07) is 6.55. The monoisotopic (exact) mass is 597 g/mol. The van der Waals surface area contributed by atoms with Crippen molar-refractivity contribution in [2.75, 3.05) is 0 Å². The summed E-state index contributed by atoms with van der Waals surface area (Å²) in [4.78, 5) is 76.4. The highest BCUT2D eigenvalue weighted by atomic mass is 16.4. The van der Waals surface area contributed by atoms with Crippen molar-refractivity contribution in [1.29, 1.82) is 0 Å². The molecule has 228 valence electrons. The van der Waals surface area contributed by atoms with Crippen LogP contribution in [0.4, 0.5) is 0 Å². The van der Waals surface area contributed by atoms with Crippen LogP contribution in [-0.4, -0.2) is 85.2 Å². The lowest BCUT2D eigenvalue weighted by molar-refractivity contribution is -0.143. The van der Waals surface area contributed by atoms with Crippen LogP contribution in [0.3, 0.4) is 0 Å². The van der Waals surface area contributed by atoms with E-state index in [0.717, 1.165) is 10.9 Å². The number of carboxylic acid groups (broad SMARTS) is 3. The first-order chi connectivity index (χ1) is 20.3. The molecule has 43 heavy (non-hydrogen) atoms. The third-order valence-electron chi connectivity index (χ3n) is 6.47. The maximum Gasteiger partial charge on any atom is 0.326 e. The molecule has 10 N–H and O–H groups in total. The number of fused-ring (bicyclic) bond motifs is 1. The zero-order valence-corrected chi connectivity index (χ0v) is 22.6. The van der Waals surface area contributed by atoms with Crippen molar-refractivity contribution in [3.8, 4) is 5.75 Å². The molecule has 0 spiro atoms. The summed E-state index contributed by atoms with van der Waals surface area (Å²) in [5.41, 5.74) is 7.35. The number of aliphatic carboxylic acids is 3. The number of carbonyl (C=O) groups is 6. The minimum atomic E-state index is -1.75. The molecule has 0 saturated heterocycles. The molecular weight excluding hydrogens is 566 g/mol. The molecule has 0 aliphatic rings. The number of carbonyl (C=O) groups excluding carboxylic acids is 3. The third kappa shape index (κ3) is 9.29. The highest BCUT2D eigenvalue weighted by Gasteiger charge is 2.32. The Balaban J connectivity index is 1.83. The molecule has 4 unspecified atom stereocenters. The van der Waals surface area contributed by atoms with Crippen molar-refractivity contribution in [2.45, 2.75) is 49.9 Å². The van der Waals surface area contributed by atoms with Gasteiger partial charge in [-0.1, -0.05) is 30.3 Å². The minimum Gasteiger partial charge on any atom is -0.508 e. The summed E-state index contributed by atoms with van der Waals surface area (Å²) in [5, 5.41) is 45.2. The van der Waals surface area contributed by atoms with Crippen molar-refractivity contribution >= 4 is 46.5 Å². The van der Waals surface area contributed by atoms with Gasteiger partial charge in [0.2, 0.25) is 17.7 Å². The normalized spacial score (nSPS) is 13.7. The number of hydrogen-bond donors (Lipinski definition) is 9. The first-order valence-electron chi connectivity index (χ1n) is 13.0. The van der Waals surface area contributed by atoms with Gasteiger partial charge in [-0.25, -0.2) is 4.79 Å². The molecule has 3 amide bonds. The van der Waals surface area contributed by atoms with Gasteiger partial charge in [-0.05, 0) is 29.3 Å². The highest BCUT2D eigenvalue weighted by molar-refractivity contribution is 5.96. The molecule has 4 atom stereocenters. The Kier molecular flexibility index (Phi) is 10.8. The Morgan fingerprint density at radius 3 is 1.93 bits per heavy atom. The van der Waals surface area contributed by atoms with Gasteiger partial charge in [-0.2, -0.15) is 0 Å². The topological polar surface area (TPSA) is 261 Å². The number of para-hydroxylation sites is 1. The van der Waals surface area contributed by atoms with Crippen LogP contribution in [0.15, 0.2) is 54.7 Å². The SMILES string of the molecule is NC(CC(=O)O)C(=O)NC(CC(=O)O)C(=O)NC(Cc1ccc(O)cc1)C(=O)NC(Cc1c[nH]c2ccccc12)C(=O)O. The number of aromatic nitrogens is 1.